The summed E-state index contributed by atoms with van der Waals surface area (Å²) in [7, 11) is 0. The van der Waals surface area contributed by atoms with Crippen LogP contribution >= 0.6 is 46.2 Å². The molecule has 1 fully saturated rings. The number of oxime groups is 1. The van der Waals surface area contributed by atoms with Gasteiger partial charge >= 0.3 is 29.6 Å². The van der Waals surface area contributed by atoms with Crippen LogP contribution in [0.5, 0.6) is 0 Å². The number of amides is 2. The zero-order valence-corrected chi connectivity index (χ0v) is 22.4. The van der Waals surface area contributed by atoms with Gasteiger partial charge in [0.2, 0.25) is 0 Å². The monoisotopic (exact) mass is 535 g/mol. The number of nitrogens with one attached hydrogen (secondary N) is 1. The van der Waals surface area contributed by atoms with Gasteiger partial charge in [0.1, 0.15) is 22.1 Å². The van der Waals surface area contributed by atoms with Crippen molar-refractivity contribution in [3.05, 3.63) is 27.4 Å². The van der Waals surface area contributed by atoms with Crippen molar-refractivity contribution in [2.75, 3.05) is 17.2 Å². The number of hydrogen-bond acceptors (Lipinski definition) is 14. The number of β-lactam (4-membered cyclic amide) rings is 1. The molecule has 0 spiro atoms. The van der Waals surface area contributed by atoms with Crippen LogP contribution < -0.4 is 45.7 Å². The summed E-state index contributed by atoms with van der Waals surface area (Å²) in [5.41, 5.74) is 5.54. The maximum absolute atomic E-state index is 12.7. The van der Waals surface area contributed by atoms with Crippen LogP contribution in [0, 0.1) is 6.92 Å². The van der Waals surface area contributed by atoms with Gasteiger partial charge in [0, 0.05) is 16.9 Å². The van der Waals surface area contributed by atoms with E-state index in [-0.39, 0.29) is 46.1 Å². The number of thioether (sulfide) groups is 2. The molecule has 4 N–H and O–H groups in total. The first-order valence-electron chi connectivity index (χ1n) is 8.85. The summed E-state index contributed by atoms with van der Waals surface area (Å²) in [6.45, 7) is 1.82. The Kier molecular flexibility index (Phi) is 8.41. The quantitative estimate of drug-likeness (QED) is 0.0790. The molecule has 0 aromatic carbocycles. The van der Waals surface area contributed by atoms with Crippen LogP contribution in [0.4, 0.5) is 5.13 Å². The van der Waals surface area contributed by atoms with Gasteiger partial charge in [-0.25, -0.2) is 4.98 Å². The average Bonchev–Trinajstić information content (AvgIpc) is 3.38. The Hall–Kier alpha value is -1.69. The number of aromatic nitrogens is 3. The maximum atomic E-state index is 12.7. The molecular formula is C16H14N7NaO5S4. The van der Waals surface area contributed by atoms with Gasteiger partial charge in [-0.2, -0.15) is 0 Å². The van der Waals surface area contributed by atoms with Crippen LogP contribution in [-0.2, 0) is 14.4 Å². The van der Waals surface area contributed by atoms with Gasteiger partial charge in [-0.05, 0) is 12.5 Å². The Morgan fingerprint density at radius 2 is 2.21 bits per heavy atom. The number of carboxylic acids is 1. The summed E-state index contributed by atoms with van der Waals surface area (Å²) in [6, 6.07) is -0.991. The second-order valence-electron chi connectivity index (χ2n) is 6.50. The van der Waals surface area contributed by atoms with Crippen molar-refractivity contribution in [2.45, 2.75) is 22.7 Å². The number of thiazole rings is 1. The molecule has 2 aliphatic rings. The molecule has 4 heterocycles. The minimum Gasteiger partial charge on any atom is -0.543 e. The molecule has 17 heteroatoms. The van der Waals surface area contributed by atoms with Crippen LogP contribution in [0.15, 0.2) is 26.1 Å². The molecule has 0 saturated carbocycles. The zero-order chi connectivity index (χ0) is 23.0. The Labute approximate surface area is 225 Å². The van der Waals surface area contributed by atoms with Crippen LogP contribution in [0.25, 0.3) is 0 Å². The first kappa shape index (κ1) is 25.9. The molecule has 1 saturated heterocycles. The second-order valence-corrected chi connectivity index (χ2v) is 10.9. The molecule has 2 amide bonds. The number of fused-ring (bicyclic) bond motifs is 1. The Morgan fingerprint density at radius 1 is 1.45 bits per heavy atom. The zero-order valence-electron chi connectivity index (χ0n) is 17.2. The molecule has 0 aliphatic carbocycles. The number of carboxylic acid groups (broad SMARTS) is 1. The van der Waals surface area contributed by atoms with Gasteiger partial charge < -0.3 is 26.2 Å². The predicted molar refractivity (Wildman–Crippen MR) is 117 cm³/mol. The van der Waals surface area contributed by atoms with Crippen molar-refractivity contribution in [3.63, 3.8) is 0 Å². The van der Waals surface area contributed by atoms with Gasteiger partial charge in [-0.15, -0.1) is 33.3 Å². The fourth-order valence-electron chi connectivity index (χ4n) is 3.09. The number of nitrogen functional groups attached to an aromatic ring is 1. The van der Waals surface area contributed by atoms with E-state index in [1.165, 1.54) is 40.2 Å². The van der Waals surface area contributed by atoms with Crippen LogP contribution in [-0.4, -0.2) is 71.7 Å². The molecule has 0 bridgehead atoms. The molecule has 12 nitrogen and oxygen atoms in total. The molecule has 1 unspecified atom stereocenters. The smallest absolute Gasteiger partial charge is 0.543 e. The number of carbonyl (C=O) groups excluding carboxylic acids is 3. The van der Waals surface area contributed by atoms with E-state index in [4.69, 9.17) is 5.73 Å². The number of carbonyl (C=O) groups is 3. The number of anilines is 1. The third kappa shape index (κ3) is 5.21. The van der Waals surface area contributed by atoms with Gasteiger partial charge in [0.05, 0.1) is 11.7 Å². The first-order valence-corrected chi connectivity index (χ1v) is 12.6. The summed E-state index contributed by atoms with van der Waals surface area (Å²) >= 11 is 5.09. The van der Waals surface area contributed by atoms with Gasteiger partial charge in [-0.1, -0.05) is 28.3 Å². The first-order chi connectivity index (χ1) is 15.3. The number of rotatable bonds is 7. The van der Waals surface area contributed by atoms with Crippen molar-refractivity contribution in [2.24, 2.45) is 5.16 Å². The molecule has 2 aromatic rings. The Balaban J connectivity index is 0.00000306. The van der Waals surface area contributed by atoms with Gasteiger partial charge in [0.25, 0.3) is 11.8 Å². The topological polar surface area (TPSA) is 187 Å². The van der Waals surface area contributed by atoms with E-state index in [0.29, 0.717) is 21.4 Å². The van der Waals surface area contributed by atoms with E-state index in [1.54, 1.807) is 0 Å². The molecule has 2 aromatic heterocycles. The summed E-state index contributed by atoms with van der Waals surface area (Å²) in [6.07, 6.45) is 0. The standard InChI is InChI=1S/C16H15N7O5S4.Na/c1-5-20-21-16(32-5)31-3-6-2-29-13-9(12(25)23(13)10(6)14(26)27)19-11(24)8(22-28)7-4-30-15(17)18-7;/h4,9,13,28H,2-3H2,1H3,(H2,17,18)(H,19,24)(H,26,27);/q;+1/p-1/b22-8-;/t9?,13-;/m1./s1. The van der Waals surface area contributed by atoms with Crippen molar-refractivity contribution >= 4 is 74.8 Å². The fourth-order valence-corrected chi connectivity index (χ4v) is 6.94. The predicted octanol–water partition coefficient (Wildman–Crippen LogP) is -3.74. The largest absolute Gasteiger partial charge is 1.00 e. The minimum absolute atomic E-state index is 0. The summed E-state index contributed by atoms with van der Waals surface area (Å²) in [5.74, 6) is -2.25. The van der Waals surface area contributed by atoms with E-state index in [9.17, 15) is 24.7 Å². The average molecular weight is 536 g/mol. The normalized spacial score (nSPS) is 20.1. The number of aliphatic carboxylic acids is 1. The second kappa shape index (κ2) is 10.7. The molecule has 0 radical (unpaired) electrons. The summed E-state index contributed by atoms with van der Waals surface area (Å²) in [4.78, 5) is 42.1. The summed E-state index contributed by atoms with van der Waals surface area (Å²) in [5, 5.41) is 36.2. The SMILES string of the molecule is Cc1nnc(SCC2=C(C(=O)[O-])N3C(=O)C(NC(=O)/C(=N\O)c4csc(N)n4)[C@H]3SC2)s1.[Na+]. The Bertz CT molecular complexity index is 1170. The molecule has 33 heavy (non-hydrogen) atoms. The number of hydrogen-bond donors (Lipinski definition) is 3. The maximum Gasteiger partial charge on any atom is 1.00 e. The van der Waals surface area contributed by atoms with E-state index in [1.807, 2.05) is 6.92 Å². The van der Waals surface area contributed by atoms with Crippen molar-refractivity contribution < 1.29 is 54.3 Å². The number of aryl methyl sites for hydroxylation is 1. The minimum atomic E-state index is -1.46. The van der Waals surface area contributed by atoms with Crippen LogP contribution in [0.3, 0.4) is 0 Å². The third-order valence-electron chi connectivity index (χ3n) is 4.48. The van der Waals surface area contributed by atoms with Crippen LogP contribution in [0.2, 0.25) is 0 Å². The van der Waals surface area contributed by atoms with E-state index < -0.39 is 34.9 Å². The van der Waals surface area contributed by atoms with E-state index in [2.05, 4.69) is 25.7 Å². The van der Waals surface area contributed by atoms with E-state index in [0.717, 1.165) is 21.2 Å². The molecule has 4 rings (SSSR count). The third-order valence-corrected chi connectivity index (χ3v) is 8.56. The van der Waals surface area contributed by atoms with Crippen molar-refractivity contribution in [3.8, 4) is 0 Å². The van der Waals surface area contributed by atoms with Crippen molar-refractivity contribution in [1.82, 2.24) is 25.4 Å². The van der Waals surface area contributed by atoms with Gasteiger partial charge in [0.15, 0.2) is 15.2 Å². The molecular weight excluding hydrogens is 521 g/mol. The van der Waals surface area contributed by atoms with Crippen molar-refractivity contribution in [1.29, 1.82) is 0 Å². The summed E-state index contributed by atoms with van der Waals surface area (Å²) < 4.78 is 0.693. The molecule has 2 aliphatic heterocycles. The van der Waals surface area contributed by atoms with E-state index >= 15 is 0 Å². The molecule has 168 valence electrons. The molecule has 2 atom stereocenters. The number of nitrogens with two attached hydrogens (primary N) is 1. The Morgan fingerprint density at radius 3 is 2.79 bits per heavy atom. The number of nitrogens with zero attached hydrogens (tertiary/aromatic N) is 5. The van der Waals surface area contributed by atoms with Gasteiger partial charge in [-0.3, -0.25) is 14.5 Å². The fraction of sp³-hybridized carbons (Fsp3) is 0.312. The van der Waals surface area contributed by atoms with Crippen LogP contribution in [0.1, 0.15) is 10.7 Å².